The largest absolute Gasteiger partial charge is 0.481 e. The third-order valence-electron chi connectivity index (χ3n) is 3.66. The van der Waals surface area contributed by atoms with Crippen molar-refractivity contribution in [2.24, 2.45) is 5.41 Å². The van der Waals surface area contributed by atoms with Crippen molar-refractivity contribution in [3.63, 3.8) is 0 Å². The molecule has 0 aliphatic heterocycles. The van der Waals surface area contributed by atoms with Crippen molar-refractivity contribution in [2.45, 2.75) is 58.4 Å². The first kappa shape index (κ1) is 14.8. The maximum atomic E-state index is 11.6. The normalized spacial score (nSPS) is 18.6. The SMILES string of the molecule is CCCC(C)NC(=O)NCC1(CC(=O)O)CCC1. The average Bonchev–Trinajstić information content (AvgIpc) is 2.21. The number of carboxylic acids is 1. The quantitative estimate of drug-likeness (QED) is 0.653. The van der Waals surface area contributed by atoms with E-state index >= 15 is 0 Å². The minimum Gasteiger partial charge on any atom is -0.481 e. The van der Waals surface area contributed by atoms with Crippen LogP contribution in [0.3, 0.4) is 0 Å². The first-order valence-corrected chi connectivity index (χ1v) is 6.73. The molecule has 0 radical (unpaired) electrons. The molecular weight excluding hydrogens is 232 g/mol. The highest BCUT2D eigenvalue weighted by Crippen LogP contribution is 2.43. The van der Waals surface area contributed by atoms with E-state index in [2.05, 4.69) is 17.6 Å². The van der Waals surface area contributed by atoms with Gasteiger partial charge in [0.05, 0.1) is 6.42 Å². The van der Waals surface area contributed by atoms with Crippen molar-refractivity contribution in [2.75, 3.05) is 6.54 Å². The number of carbonyl (C=O) groups is 2. The average molecular weight is 256 g/mol. The predicted octanol–water partition coefficient (Wildman–Crippen LogP) is 2.12. The van der Waals surface area contributed by atoms with Crippen LogP contribution in [-0.4, -0.2) is 29.7 Å². The van der Waals surface area contributed by atoms with E-state index in [4.69, 9.17) is 5.11 Å². The predicted molar refractivity (Wildman–Crippen MR) is 69.4 cm³/mol. The Morgan fingerprint density at radius 3 is 2.50 bits per heavy atom. The molecule has 0 aromatic rings. The van der Waals surface area contributed by atoms with Crippen molar-refractivity contribution in [1.29, 1.82) is 0 Å². The molecule has 0 aromatic carbocycles. The van der Waals surface area contributed by atoms with Crippen LogP contribution in [0.1, 0.15) is 52.4 Å². The van der Waals surface area contributed by atoms with E-state index in [1.165, 1.54) is 0 Å². The highest BCUT2D eigenvalue weighted by Gasteiger charge is 2.39. The lowest BCUT2D eigenvalue weighted by molar-refractivity contribution is -0.141. The number of amides is 2. The second kappa shape index (κ2) is 6.61. The summed E-state index contributed by atoms with van der Waals surface area (Å²) in [6.45, 7) is 4.51. The number of rotatable bonds is 7. The van der Waals surface area contributed by atoms with Crippen molar-refractivity contribution < 1.29 is 14.7 Å². The Labute approximate surface area is 108 Å². The molecule has 5 heteroatoms. The van der Waals surface area contributed by atoms with Crippen LogP contribution in [0.5, 0.6) is 0 Å². The molecule has 1 fully saturated rings. The lowest BCUT2D eigenvalue weighted by atomic mass is 9.66. The summed E-state index contributed by atoms with van der Waals surface area (Å²) in [5.74, 6) is -0.781. The molecule has 0 heterocycles. The summed E-state index contributed by atoms with van der Waals surface area (Å²) in [7, 11) is 0. The maximum absolute atomic E-state index is 11.6. The van der Waals surface area contributed by atoms with E-state index in [1.807, 2.05) is 6.92 Å². The number of aliphatic carboxylic acids is 1. The summed E-state index contributed by atoms with van der Waals surface area (Å²) in [6.07, 6.45) is 4.98. The van der Waals surface area contributed by atoms with Crippen molar-refractivity contribution in [3.05, 3.63) is 0 Å². The van der Waals surface area contributed by atoms with E-state index in [1.54, 1.807) is 0 Å². The standard InChI is InChI=1S/C13H24N2O3/c1-3-5-10(2)15-12(18)14-9-13(6-4-7-13)8-11(16)17/h10H,3-9H2,1-2H3,(H,16,17)(H2,14,15,18). The minimum absolute atomic E-state index is 0.151. The Morgan fingerprint density at radius 2 is 2.06 bits per heavy atom. The Morgan fingerprint density at radius 1 is 1.39 bits per heavy atom. The molecular formula is C13H24N2O3. The Hall–Kier alpha value is -1.26. The molecule has 1 saturated carbocycles. The van der Waals surface area contributed by atoms with Crippen LogP contribution in [0.2, 0.25) is 0 Å². The van der Waals surface area contributed by atoms with Crippen LogP contribution in [0.15, 0.2) is 0 Å². The van der Waals surface area contributed by atoms with Gasteiger partial charge in [-0.1, -0.05) is 19.8 Å². The van der Waals surface area contributed by atoms with Gasteiger partial charge in [0.25, 0.3) is 0 Å². The molecule has 5 nitrogen and oxygen atoms in total. The molecule has 1 aliphatic rings. The van der Waals surface area contributed by atoms with Gasteiger partial charge in [0, 0.05) is 12.6 Å². The van der Waals surface area contributed by atoms with Gasteiger partial charge in [0.15, 0.2) is 0 Å². The van der Waals surface area contributed by atoms with Gasteiger partial charge in [0.1, 0.15) is 0 Å². The van der Waals surface area contributed by atoms with Gasteiger partial charge in [-0.25, -0.2) is 4.79 Å². The first-order chi connectivity index (χ1) is 8.47. The highest BCUT2D eigenvalue weighted by atomic mass is 16.4. The lowest BCUT2D eigenvalue weighted by Crippen LogP contribution is -2.48. The Balaban J connectivity index is 2.30. The van der Waals surface area contributed by atoms with Crippen molar-refractivity contribution in [1.82, 2.24) is 10.6 Å². The first-order valence-electron chi connectivity index (χ1n) is 6.73. The fourth-order valence-corrected chi connectivity index (χ4v) is 2.46. The zero-order valence-electron chi connectivity index (χ0n) is 11.3. The number of hydrogen-bond acceptors (Lipinski definition) is 2. The molecule has 1 aliphatic carbocycles. The fraction of sp³-hybridized carbons (Fsp3) is 0.846. The summed E-state index contributed by atoms with van der Waals surface area (Å²) in [5, 5.41) is 14.5. The van der Waals surface area contributed by atoms with Crippen LogP contribution >= 0.6 is 0 Å². The number of nitrogens with one attached hydrogen (secondary N) is 2. The van der Waals surface area contributed by atoms with Crippen molar-refractivity contribution in [3.8, 4) is 0 Å². The third-order valence-corrected chi connectivity index (χ3v) is 3.66. The molecule has 2 amide bonds. The molecule has 104 valence electrons. The summed E-state index contributed by atoms with van der Waals surface area (Å²) in [4.78, 5) is 22.4. The Bertz CT molecular complexity index is 301. The number of hydrogen-bond donors (Lipinski definition) is 3. The maximum Gasteiger partial charge on any atom is 0.315 e. The zero-order chi connectivity index (χ0) is 13.6. The number of urea groups is 1. The zero-order valence-corrected chi connectivity index (χ0v) is 11.3. The summed E-state index contributed by atoms with van der Waals surface area (Å²) in [5.41, 5.74) is -0.211. The smallest absolute Gasteiger partial charge is 0.315 e. The third kappa shape index (κ3) is 4.55. The van der Waals surface area contributed by atoms with Gasteiger partial charge >= 0.3 is 12.0 Å². The van der Waals surface area contributed by atoms with E-state index in [0.717, 1.165) is 32.1 Å². The van der Waals surface area contributed by atoms with Crippen LogP contribution < -0.4 is 10.6 Å². The molecule has 3 N–H and O–H groups in total. The van der Waals surface area contributed by atoms with Gasteiger partial charge in [0.2, 0.25) is 0 Å². The van der Waals surface area contributed by atoms with E-state index < -0.39 is 5.97 Å². The fourth-order valence-electron chi connectivity index (χ4n) is 2.46. The molecule has 1 unspecified atom stereocenters. The molecule has 0 saturated heterocycles. The second-order valence-corrected chi connectivity index (χ2v) is 5.44. The van der Waals surface area contributed by atoms with Crippen LogP contribution in [-0.2, 0) is 4.79 Å². The van der Waals surface area contributed by atoms with Crippen LogP contribution in [0, 0.1) is 5.41 Å². The minimum atomic E-state index is -0.781. The molecule has 0 spiro atoms. The van der Waals surface area contributed by atoms with E-state index in [-0.39, 0.29) is 23.9 Å². The molecule has 18 heavy (non-hydrogen) atoms. The lowest BCUT2D eigenvalue weighted by Gasteiger charge is -2.40. The van der Waals surface area contributed by atoms with Crippen LogP contribution in [0.4, 0.5) is 4.79 Å². The number of carbonyl (C=O) groups excluding carboxylic acids is 1. The van der Waals surface area contributed by atoms with E-state index in [0.29, 0.717) is 6.54 Å². The van der Waals surface area contributed by atoms with Gasteiger partial charge < -0.3 is 15.7 Å². The molecule has 1 atom stereocenters. The van der Waals surface area contributed by atoms with E-state index in [9.17, 15) is 9.59 Å². The van der Waals surface area contributed by atoms with Gasteiger partial charge in [-0.05, 0) is 31.6 Å². The van der Waals surface area contributed by atoms with Crippen LogP contribution in [0.25, 0.3) is 0 Å². The monoisotopic (exact) mass is 256 g/mol. The summed E-state index contributed by atoms with van der Waals surface area (Å²) in [6, 6.07) is -0.0283. The van der Waals surface area contributed by atoms with Gasteiger partial charge in [-0.2, -0.15) is 0 Å². The second-order valence-electron chi connectivity index (χ2n) is 5.44. The molecule has 0 bridgehead atoms. The molecule has 0 aromatic heterocycles. The summed E-state index contributed by atoms with van der Waals surface area (Å²) < 4.78 is 0. The highest BCUT2D eigenvalue weighted by molar-refractivity contribution is 5.74. The Kier molecular flexibility index (Phi) is 5.44. The molecule has 1 rings (SSSR count). The number of carboxylic acid groups (broad SMARTS) is 1. The van der Waals surface area contributed by atoms with Gasteiger partial charge in [-0.15, -0.1) is 0 Å². The van der Waals surface area contributed by atoms with Gasteiger partial charge in [-0.3, -0.25) is 4.79 Å². The summed E-state index contributed by atoms with van der Waals surface area (Å²) >= 11 is 0. The topological polar surface area (TPSA) is 78.4 Å². The van der Waals surface area contributed by atoms with Crippen molar-refractivity contribution >= 4 is 12.0 Å².